The van der Waals surface area contributed by atoms with Crippen LogP contribution in [0.15, 0.2) is 23.2 Å². The van der Waals surface area contributed by atoms with Gasteiger partial charge in [0.25, 0.3) is 11.8 Å². The second-order valence-corrected chi connectivity index (χ2v) is 9.78. The molecule has 3 aliphatic heterocycles. The summed E-state index contributed by atoms with van der Waals surface area (Å²) in [6, 6.07) is 4.91. The van der Waals surface area contributed by atoms with Crippen LogP contribution in [0.25, 0.3) is 0 Å². The van der Waals surface area contributed by atoms with Gasteiger partial charge < -0.3 is 20.3 Å². The molecule has 170 valence electrons. The van der Waals surface area contributed by atoms with Crippen LogP contribution in [0.1, 0.15) is 46.0 Å². The van der Waals surface area contributed by atoms with E-state index in [0.717, 1.165) is 24.6 Å². The Kier molecular flexibility index (Phi) is 5.74. The highest BCUT2D eigenvalue weighted by atomic mass is 32.2. The summed E-state index contributed by atoms with van der Waals surface area (Å²) in [4.78, 5) is 57.3. The SMILES string of the molecule is COC(=O)c1ccc(C(=O)N2CCCC23CN(C(=O)C(C)C2SC(N)=NC2=O)C3)c(C)c1. The number of carbonyl (C=O) groups is 4. The molecule has 32 heavy (non-hydrogen) atoms. The molecule has 9 nitrogen and oxygen atoms in total. The standard InChI is InChI=1S/C22H26N4O5S/c1-12-9-14(20(30)31-3)5-6-15(12)19(29)26-8-4-7-22(26)10-25(11-22)18(28)13(2)16-17(27)24-21(23)32-16/h5-6,9,13,16H,4,7-8,10-11H2,1-3H3,(H2,23,24,27). The largest absolute Gasteiger partial charge is 0.465 e. The van der Waals surface area contributed by atoms with Crippen molar-refractivity contribution in [2.45, 2.75) is 37.5 Å². The van der Waals surface area contributed by atoms with Crippen LogP contribution in [0, 0.1) is 12.8 Å². The van der Waals surface area contributed by atoms with E-state index in [-0.39, 0.29) is 28.4 Å². The van der Waals surface area contributed by atoms with Gasteiger partial charge in [-0.05, 0) is 43.5 Å². The van der Waals surface area contributed by atoms with E-state index in [9.17, 15) is 19.2 Å². The lowest BCUT2D eigenvalue weighted by atomic mass is 9.85. The Hall–Kier alpha value is -2.88. The van der Waals surface area contributed by atoms with Crippen molar-refractivity contribution in [2.75, 3.05) is 26.7 Å². The number of amides is 3. The van der Waals surface area contributed by atoms with Crippen LogP contribution in [-0.2, 0) is 14.3 Å². The zero-order valence-electron chi connectivity index (χ0n) is 18.3. The summed E-state index contributed by atoms with van der Waals surface area (Å²) in [5.74, 6) is -1.57. The summed E-state index contributed by atoms with van der Waals surface area (Å²) >= 11 is 1.13. The lowest BCUT2D eigenvalue weighted by molar-refractivity contribution is -0.147. The maximum Gasteiger partial charge on any atom is 0.337 e. The van der Waals surface area contributed by atoms with E-state index in [2.05, 4.69) is 4.99 Å². The van der Waals surface area contributed by atoms with E-state index < -0.39 is 17.1 Å². The van der Waals surface area contributed by atoms with Crippen LogP contribution in [0.4, 0.5) is 0 Å². The lowest BCUT2D eigenvalue weighted by Crippen LogP contribution is -2.70. The van der Waals surface area contributed by atoms with Gasteiger partial charge in [0, 0.05) is 25.2 Å². The second-order valence-electron chi connectivity index (χ2n) is 8.62. The molecule has 2 unspecified atom stereocenters. The van der Waals surface area contributed by atoms with Crippen LogP contribution < -0.4 is 5.73 Å². The quantitative estimate of drug-likeness (QED) is 0.673. The first-order valence-corrected chi connectivity index (χ1v) is 11.4. The highest BCUT2D eigenvalue weighted by molar-refractivity contribution is 8.15. The van der Waals surface area contributed by atoms with Crippen LogP contribution >= 0.6 is 11.8 Å². The maximum atomic E-state index is 13.4. The van der Waals surface area contributed by atoms with Crippen molar-refractivity contribution >= 4 is 40.6 Å². The Bertz CT molecular complexity index is 1030. The molecule has 0 saturated carbocycles. The zero-order valence-corrected chi connectivity index (χ0v) is 19.1. The fourth-order valence-corrected chi connectivity index (χ4v) is 5.69. The average Bonchev–Trinajstić information content (AvgIpc) is 3.33. The summed E-state index contributed by atoms with van der Waals surface area (Å²) in [6.07, 6.45) is 1.69. The van der Waals surface area contributed by atoms with E-state index in [1.165, 1.54) is 7.11 Å². The van der Waals surface area contributed by atoms with Gasteiger partial charge in [0.05, 0.1) is 24.1 Å². The summed E-state index contributed by atoms with van der Waals surface area (Å²) < 4.78 is 4.75. The Morgan fingerprint density at radius 2 is 2.03 bits per heavy atom. The molecule has 2 atom stereocenters. The van der Waals surface area contributed by atoms with E-state index in [1.807, 2.05) is 4.90 Å². The molecule has 0 radical (unpaired) electrons. The van der Waals surface area contributed by atoms with Gasteiger partial charge in [-0.2, -0.15) is 4.99 Å². The molecule has 0 bridgehead atoms. The summed E-state index contributed by atoms with van der Waals surface area (Å²) in [6.45, 7) is 5.04. The minimum absolute atomic E-state index is 0.0979. The van der Waals surface area contributed by atoms with Crippen LogP contribution in [0.5, 0.6) is 0 Å². The van der Waals surface area contributed by atoms with Crippen molar-refractivity contribution in [2.24, 2.45) is 16.6 Å². The third kappa shape index (κ3) is 3.66. The first kappa shape index (κ1) is 22.3. The maximum absolute atomic E-state index is 13.4. The van der Waals surface area contributed by atoms with E-state index in [1.54, 1.807) is 36.9 Å². The summed E-state index contributed by atoms with van der Waals surface area (Å²) in [5.41, 5.74) is 6.88. The molecule has 2 saturated heterocycles. The third-order valence-electron chi connectivity index (χ3n) is 6.56. The smallest absolute Gasteiger partial charge is 0.337 e. The van der Waals surface area contributed by atoms with E-state index >= 15 is 0 Å². The number of nitrogens with zero attached hydrogens (tertiary/aromatic N) is 3. The molecule has 3 amide bonds. The van der Waals surface area contributed by atoms with Gasteiger partial charge >= 0.3 is 5.97 Å². The van der Waals surface area contributed by atoms with Crippen molar-refractivity contribution in [3.8, 4) is 0 Å². The molecule has 1 spiro atoms. The Morgan fingerprint density at radius 3 is 2.62 bits per heavy atom. The molecule has 1 aromatic carbocycles. The number of rotatable bonds is 4. The number of hydrogen-bond donors (Lipinski definition) is 1. The number of thioether (sulfide) groups is 1. The van der Waals surface area contributed by atoms with Crippen molar-refractivity contribution in [1.29, 1.82) is 0 Å². The number of aliphatic imine (C=N–C) groups is 1. The fourth-order valence-electron chi connectivity index (χ4n) is 4.81. The number of esters is 1. The molecule has 0 aliphatic carbocycles. The van der Waals surface area contributed by atoms with Gasteiger partial charge in [-0.25, -0.2) is 4.79 Å². The number of carbonyl (C=O) groups excluding carboxylic acids is 4. The molecule has 2 fully saturated rings. The first-order chi connectivity index (χ1) is 15.2. The minimum atomic E-state index is -0.587. The predicted molar refractivity (Wildman–Crippen MR) is 119 cm³/mol. The number of benzene rings is 1. The number of nitrogens with two attached hydrogens (primary N) is 1. The topological polar surface area (TPSA) is 122 Å². The third-order valence-corrected chi connectivity index (χ3v) is 7.75. The molecule has 3 aliphatic rings. The number of hydrogen-bond acceptors (Lipinski definition) is 7. The second kappa shape index (κ2) is 8.23. The van der Waals surface area contributed by atoms with Crippen molar-refractivity contribution in [3.05, 3.63) is 34.9 Å². The van der Waals surface area contributed by atoms with Crippen LogP contribution in [0.3, 0.4) is 0 Å². The predicted octanol–water partition coefficient (Wildman–Crippen LogP) is 1.19. The molecule has 10 heteroatoms. The summed E-state index contributed by atoms with van der Waals surface area (Å²) in [5, 5.41) is -0.391. The summed E-state index contributed by atoms with van der Waals surface area (Å²) in [7, 11) is 1.32. The molecule has 2 N–H and O–H groups in total. The van der Waals surface area contributed by atoms with Crippen molar-refractivity contribution in [3.63, 3.8) is 0 Å². The van der Waals surface area contributed by atoms with E-state index in [4.69, 9.17) is 10.5 Å². The zero-order chi connectivity index (χ0) is 23.2. The highest BCUT2D eigenvalue weighted by Crippen LogP contribution is 2.40. The Labute approximate surface area is 190 Å². The number of aryl methyl sites for hydroxylation is 1. The molecule has 4 rings (SSSR count). The van der Waals surface area contributed by atoms with E-state index in [0.29, 0.717) is 36.3 Å². The number of ether oxygens (including phenoxy) is 1. The fraction of sp³-hybridized carbons (Fsp3) is 0.500. The van der Waals surface area contributed by atoms with Gasteiger partial charge in [0.15, 0.2) is 5.17 Å². The number of methoxy groups -OCH3 is 1. The average molecular weight is 459 g/mol. The first-order valence-electron chi connectivity index (χ1n) is 10.5. The molecule has 1 aromatic rings. The monoisotopic (exact) mass is 458 g/mol. The van der Waals surface area contributed by atoms with Crippen LogP contribution in [-0.4, -0.2) is 76.2 Å². The number of likely N-dealkylation sites (tertiary alicyclic amines) is 2. The highest BCUT2D eigenvalue weighted by Gasteiger charge is 2.54. The van der Waals surface area contributed by atoms with Gasteiger partial charge in [-0.15, -0.1) is 0 Å². The van der Waals surface area contributed by atoms with Gasteiger partial charge in [0.2, 0.25) is 5.91 Å². The van der Waals surface area contributed by atoms with Crippen molar-refractivity contribution in [1.82, 2.24) is 9.80 Å². The molecular weight excluding hydrogens is 432 g/mol. The Balaban J connectivity index is 1.45. The van der Waals surface area contributed by atoms with Gasteiger partial charge in [0.1, 0.15) is 5.25 Å². The molecular formula is C22H26N4O5S. The minimum Gasteiger partial charge on any atom is -0.465 e. The van der Waals surface area contributed by atoms with Gasteiger partial charge in [-0.1, -0.05) is 18.7 Å². The molecule has 3 heterocycles. The lowest BCUT2D eigenvalue weighted by Gasteiger charge is -2.53. The van der Waals surface area contributed by atoms with Crippen molar-refractivity contribution < 1.29 is 23.9 Å². The van der Waals surface area contributed by atoms with Crippen LogP contribution in [0.2, 0.25) is 0 Å². The Morgan fingerprint density at radius 1 is 1.31 bits per heavy atom. The molecule has 0 aromatic heterocycles. The number of amidine groups is 1. The van der Waals surface area contributed by atoms with Gasteiger partial charge in [-0.3, -0.25) is 14.4 Å². The normalized spacial score (nSPS) is 22.5.